The maximum Gasteiger partial charge on any atom is 0.0500 e. The van der Waals surface area contributed by atoms with Crippen LogP contribution in [-0.2, 0) is 0 Å². The molecule has 0 bridgehead atoms. The highest BCUT2D eigenvalue weighted by Gasteiger charge is 2.26. The fraction of sp³-hybridized carbons (Fsp3) is 0.647. The fourth-order valence-electron chi connectivity index (χ4n) is 3.47. The molecule has 1 aromatic rings. The Morgan fingerprint density at radius 1 is 1.24 bits per heavy atom. The van der Waals surface area contributed by atoms with Gasteiger partial charge in [0.1, 0.15) is 0 Å². The fourth-order valence-corrected chi connectivity index (χ4v) is 4.12. The minimum Gasteiger partial charge on any atom is -0.329 e. The molecule has 1 aliphatic rings. The lowest BCUT2D eigenvalue weighted by Gasteiger charge is -2.31. The maximum atomic E-state index is 6.37. The van der Waals surface area contributed by atoms with E-state index in [1.54, 1.807) is 0 Å². The van der Waals surface area contributed by atoms with Crippen LogP contribution in [0, 0.1) is 5.92 Å². The number of likely N-dealkylation sites (tertiary alicyclic amines) is 1. The zero-order valence-corrected chi connectivity index (χ0v) is 14.3. The van der Waals surface area contributed by atoms with E-state index < -0.39 is 0 Å². The lowest BCUT2D eigenvalue weighted by atomic mass is 9.96. The molecule has 0 spiro atoms. The second-order valence-corrected chi connectivity index (χ2v) is 6.82. The van der Waals surface area contributed by atoms with Crippen LogP contribution in [0.15, 0.2) is 18.2 Å². The number of nitrogens with zero attached hydrogens (tertiary/aromatic N) is 1. The molecular formula is C17H26Cl2N2. The van der Waals surface area contributed by atoms with Crippen LogP contribution in [0.25, 0.3) is 0 Å². The van der Waals surface area contributed by atoms with Gasteiger partial charge in [-0.25, -0.2) is 0 Å². The van der Waals surface area contributed by atoms with Crippen molar-refractivity contribution in [2.75, 3.05) is 19.6 Å². The highest BCUT2D eigenvalue weighted by Crippen LogP contribution is 2.35. The summed E-state index contributed by atoms with van der Waals surface area (Å²) in [6, 6.07) is 5.83. The maximum absolute atomic E-state index is 6.37. The second kappa shape index (κ2) is 8.38. The van der Waals surface area contributed by atoms with E-state index in [0.29, 0.717) is 6.54 Å². The van der Waals surface area contributed by atoms with Gasteiger partial charge in [-0.3, -0.25) is 4.90 Å². The van der Waals surface area contributed by atoms with E-state index in [1.807, 2.05) is 18.2 Å². The highest BCUT2D eigenvalue weighted by atomic mass is 35.5. The van der Waals surface area contributed by atoms with Crippen LogP contribution in [0.2, 0.25) is 10.0 Å². The van der Waals surface area contributed by atoms with E-state index in [1.165, 1.54) is 32.1 Å². The molecule has 1 aromatic carbocycles. The Bertz CT molecular complexity index is 430. The van der Waals surface area contributed by atoms with Crippen LogP contribution in [0.1, 0.15) is 50.6 Å². The first-order valence-corrected chi connectivity index (χ1v) is 8.81. The molecule has 4 heteroatoms. The van der Waals surface area contributed by atoms with Crippen molar-refractivity contribution in [1.82, 2.24) is 4.90 Å². The summed E-state index contributed by atoms with van der Waals surface area (Å²) in [5, 5.41) is 1.46. The number of hydrogen-bond donors (Lipinski definition) is 1. The quantitative estimate of drug-likeness (QED) is 0.833. The van der Waals surface area contributed by atoms with Crippen molar-refractivity contribution < 1.29 is 0 Å². The van der Waals surface area contributed by atoms with Crippen LogP contribution in [0.5, 0.6) is 0 Å². The molecule has 1 heterocycles. The smallest absolute Gasteiger partial charge is 0.0500 e. The minimum absolute atomic E-state index is 0.131. The van der Waals surface area contributed by atoms with Crippen molar-refractivity contribution in [3.8, 4) is 0 Å². The highest BCUT2D eigenvalue weighted by molar-refractivity contribution is 6.36. The van der Waals surface area contributed by atoms with Gasteiger partial charge in [-0.05, 0) is 50.4 Å². The van der Waals surface area contributed by atoms with Gasteiger partial charge in [0.05, 0.1) is 0 Å². The molecule has 1 fully saturated rings. The van der Waals surface area contributed by atoms with E-state index >= 15 is 0 Å². The lowest BCUT2D eigenvalue weighted by molar-refractivity contribution is 0.206. The van der Waals surface area contributed by atoms with E-state index in [0.717, 1.165) is 34.6 Å². The molecule has 2 N–H and O–H groups in total. The topological polar surface area (TPSA) is 29.3 Å². The predicted molar refractivity (Wildman–Crippen MR) is 92.1 cm³/mol. The minimum atomic E-state index is 0.131. The van der Waals surface area contributed by atoms with Gasteiger partial charge >= 0.3 is 0 Å². The van der Waals surface area contributed by atoms with Crippen LogP contribution < -0.4 is 5.73 Å². The first-order valence-electron chi connectivity index (χ1n) is 8.05. The summed E-state index contributed by atoms with van der Waals surface area (Å²) in [5.74, 6) is 0.861. The molecule has 0 amide bonds. The van der Waals surface area contributed by atoms with Gasteiger partial charge in [-0.1, -0.05) is 49.0 Å². The number of rotatable bonds is 5. The Morgan fingerprint density at radius 3 is 2.57 bits per heavy atom. The lowest BCUT2D eigenvalue weighted by Crippen LogP contribution is -2.35. The van der Waals surface area contributed by atoms with Crippen molar-refractivity contribution >= 4 is 23.2 Å². The number of benzene rings is 1. The molecule has 21 heavy (non-hydrogen) atoms. The predicted octanol–water partition coefficient (Wildman–Crippen LogP) is 4.90. The normalized spacial score (nSPS) is 22.0. The molecule has 0 aromatic heterocycles. The summed E-state index contributed by atoms with van der Waals surface area (Å²) < 4.78 is 0. The Morgan fingerprint density at radius 2 is 1.95 bits per heavy atom. The molecule has 1 saturated heterocycles. The Hall–Kier alpha value is -0.280. The summed E-state index contributed by atoms with van der Waals surface area (Å²) in [7, 11) is 0. The zero-order chi connectivity index (χ0) is 15.2. The Labute approximate surface area is 138 Å². The molecule has 2 atom stereocenters. The van der Waals surface area contributed by atoms with E-state index in [9.17, 15) is 0 Å². The first kappa shape index (κ1) is 17.1. The second-order valence-electron chi connectivity index (χ2n) is 6.01. The van der Waals surface area contributed by atoms with E-state index in [4.69, 9.17) is 28.9 Å². The van der Waals surface area contributed by atoms with Crippen molar-refractivity contribution in [2.45, 2.75) is 45.1 Å². The monoisotopic (exact) mass is 328 g/mol. The standard InChI is InChI=1S/C17H26Cl2N2/c1-2-5-13-6-4-10-21(11-9-13)16(12-20)17-14(18)7-3-8-15(17)19/h3,7-8,13,16H,2,4-6,9-12,20H2,1H3. The average Bonchev–Trinajstić information content (AvgIpc) is 2.69. The molecule has 0 saturated carbocycles. The van der Waals surface area contributed by atoms with Crippen molar-refractivity contribution in [3.05, 3.63) is 33.8 Å². The van der Waals surface area contributed by atoms with Gasteiger partial charge in [0, 0.05) is 28.2 Å². The third kappa shape index (κ3) is 4.35. The molecular weight excluding hydrogens is 303 g/mol. The van der Waals surface area contributed by atoms with Crippen LogP contribution in [0.3, 0.4) is 0 Å². The molecule has 2 unspecified atom stereocenters. The Kier molecular flexibility index (Phi) is 6.81. The third-order valence-electron chi connectivity index (χ3n) is 4.58. The van der Waals surface area contributed by atoms with Gasteiger partial charge in [0.25, 0.3) is 0 Å². The van der Waals surface area contributed by atoms with E-state index in [2.05, 4.69) is 11.8 Å². The van der Waals surface area contributed by atoms with Crippen LogP contribution in [0.4, 0.5) is 0 Å². The van der Waals surface area contributed by atoms with E-state index in [-0.39, 0.29) is 6.04 Å². The summed E-state index contributed by atoms with van der Waals surface area (Å²) in [4.78, 5) is 2.47. The Balaban J connectivity index is 2.14. The number of halogens is 2. The van der Waals surface area contributed by atoms with Gasteiger partial charge in [-0.15, -0.1) is 0 Å². The van der Waals surface area contributed by atoms with Gasteiger partial charge in [0.15, 0.2) is 0 Å². The van der Waals surface area contributed by atoms with Crippen molar-refractivity contribution in [3.63, 3.8) is 0 Å². The number of nitrogens with two attached hydrogens (primary N) is 1. The summed E-state index contributed by atoms with van der Waals surface area (Å²) in [6.07, 6.45) is 6.45. The van der Waals surface area contributed by atoms with Crippen molar-refractivity contribution in [2.24, 2.45) is 11.7 Å². The molecule has 0 aliphatic carbocycles. The number of hydrogen-bond acceptors (Lipinski definition) is 2. The molecule has 2 rings (SSSR count). The molecule has 1 aliphatic heterocycles. The largest absolute Gasteiger partial charge is 0.329 e. The van der Waals surface area contributed by atoms with Gasteiger partial charge in [-0.2, -0.15) is 0 Å². The zero-order valence-electron chi connectivity index (χ0n) is 12.8. The molecule has 2 nitrogen and oxygen atoms in total. The van der Waals surface area contributed by atoms with Gasteiger partial charge in [0.2, 0.25) is 0 Å². The van der Waals surface area contributed by atoms with Crippen LogP contribution in [-0.4, -0.2) is 24.5 Å². The average molecular weight is 329 g/mol. The van der Waals surface area contributed by atoms with Gasteiger partial charge < -0.3 is 5.73 Å². The molecule has 0 radical (unpaired) electrons. The van der Waals surface area contributed by atoms with Crippen LogP contribution >= 0.6 is 23.2 Å². The summed E-state index contributed by atoms with van der Waals surface area (Å²) >= 11 is 12.7. The third-order valence-corrected chi connectivity index (χ3v) is 5.24. The summed E-state index contributed by atoms with van der Waals surface area (Å²) in [6.45, 7) is 5.01. The summed E-state index contributed by atoms with van der Waals surface area (Å²) in [5.41, 5.74) is 7.06. The SMILES string of the molecule is CCCC1CCCN(C(CN)c2c(Cl)cccc2Cl)CC1. The molecule has 118 valence electrons. The first-order chi connectivity index (χ1) is 10.2. The van der Waals surface area contributed by atoms with Crippen molar-refractivity contribution in [1.29, 1.82) is 0 Å².